The van der Waals surface area contributed by atoms with Gasteiger partial charge in [-0.3, -0.25) is 9.36 Å². The maximum absolute atomic E-state index is 13.9. The van der Waals surface area contributed by atoms with Crippen LogP contribution in [0.1, 0.15) is 23.6 Å². The molecule has 43 heavy (non-hydrogen) atoms. The minimum Gasteiger partial charge on any atom is -0.497 e. The minimum atomic E-state index is -2.14. The summed E-state index contributed by atoms with van der Waals surface area (Å²) in [5.74, 6) is 0.695. The Hall–Kier alpha value is -4.55. The van der Waals surface area contributed by atoms with Crippen LogP contribution in [-0.4, -0.2) is 69.9 Å². The van der Waals surface area contributed by atoms with E-state index in [0.29, 0.717) is 28.2 Å². The topological polar surface area (TPSA) is 152 Å². The molecule has 1 aliphatic rings. The van der Waals surface area contributed by atoms with Crippen molar-refractivity contribution in [2.45, 2.75) is 36.4 Å². The van der Waals surface area contributed by atoms with Gasteiger partial charge in [0.05, 0.1) is 26.2 Å². The standard InChI is InChI=1S/C32H33N3O8/c1-20(37)33-27-17-18-35(30(40)34-27)32(29(39)28(38)26(19-36)43-32)31(21-7-5-4-6-8-21,22-9-13-24(41-2)14-10-22)23-11-15-25(42-3)16-12-23/h4-18,26,28-29,36,38-39H,19H2,1-3H3,(H,33,34,37,40)/t26-,28-,29-,32+/m1/s1. The molecule has 2 heterocycles. The van der Waals surface area contributed by atoms with Crippen molar-refractivity contribution in [2.24, 2.45) is 0 Å². The van der Waals surface area contributed by atoms with E-state index in [1.165, 1.54) is 33.4 Å². The van der Waals surface area contributed by atoms with Crippen molar-refractivity contribution in [3.05, 3.63) is 118 Å². The summed E-state index contributed by atoms with van der Waals surface area (Å²) in [6.45, 7) is 0.636. The van der Waals surface area contributed by atoms with E-state index in [4.69, 9.17) is 14.2 Å². The molecule has 4 atom stereocenters. The van der Waals surface area contributed by atoms with E-state index in [1.807, 2.05) is 30.3 Å². The summed E-state index contributed by atoms with van der Waals surface area (Å²) in [7, 11) is 3.08. The van der Waals surface area contributed by atoms with Gasteiger partial charge in [-0.25, -0.2) is 4.79 Å². The Morgan fingerprint density at radius 3 is 1.91 bits per heavy atom. The van der Waals surface area contributed by atoms with E-state index in [1.54, 1.807) is 48.5 Å². The highest BCUT2D eigenvalue weighted by atomic mass is 16.6. The van der Waals surface area contributed by atoms with Crippen molar-refractivity contribution in [2.75, 3.05) is 26.1 Å². The lowest BCUT2D eigenvalue weighted by Gasteiger charge is -2.51. The van der Waals surface area contributed by atoms with Gasteiger partial charge in [0.1, 0.15) is 35.6 Å². The predicted octanol–water partition coefficient (Wildman–Crippen LogP) is 2.02. The summed E-state index contributed by atoms with van der Waals surface area (Å²) < 4.78 is 18.5. The summed E-state index contributed by atoms with van der Waals surface area (Å²) in [5, 5.41) is 36.2. The lowest BCUT2D eigenvalue weighted by atomic mass is 9.60. The Bertz CT molecular complexity index is 1580. The maximum Gasteiger partial charge on any atom is 0.351 e. The van der Waals surface area contributed by atoms with Crippen molar-refractivity contribution in [3.63, 3.8) is 0 Å². The number of carbonyl (C=O) groups excluding carboxylic acids is 1. The van der Waals surface area contributed by atoms with Gasteiger partial charge in [-0.2, -0.15) is 4.98 Å². The zero-order valence-corrected chi connectivity index (χ0v) is 23.9. The maximum atomic E-state index is 13.9. The number of rotatable bonds is 9. The lowest BCUT2D eigenvalue weighted by molar-refractivity contribution is -0.180. The number of nitrogens with one attached hydrogen (secondary N) is 1. The van der Waals surface area contributed by atoms with E-state index in [9.17, 15) is 24.9 Å². The van der Waals surface area contributed by atoms with Gasteiger partial charge in [0.2, 0.25) is 5.91 Å². The van der Waals surface area contributed by atoms with Gasteiger partial charge in [0.15, 0.2) is 5.72 Å². The molecule has 0 bridgehead atoms. The van der Waals surface area contributed by atoms with Crippen LogP contribution in [0.2, 0.25) is 0 Å². The number of aliphatic hydroxyl groups is 3. The van der Waals surface area contributed by atoms with Crippen molar-refractivity contribution >= 4 is 11.7 Å². The lowest BCUT2D eigenvalue weighted by Crippen LogP contribution is -2.64. The van der Waals surface area contributed by atoms with Gasteiger partial charge < -0.3 is 34.8 Å². The first-order valence-corrected chi connectivity index (χ1v) is 13.6. The number of hydrogen-bond acceptors (Lipinski definition) is 9. The van der Waals surface area contributed by atoms with Crippen molar-refractivity contribution in [1.82, 2.24) is 9.55 Å². The van der Waals surface area contributed by atoms with Crippen molar-refractivity contribution in [3.8, 4) is 11.5 Å². The van der Waals surface area contributed by atoms with E-state index >= 15 is 0 Å². The summed E-state index contributed by atoms with van der Waals surface area (Å²) in [6.07, 6.45) is -3.32. The molecule has 5 rings (SSSR count). The normalized spacial score (nSPS) is 21.8. The molecular weight excluding hydrogens is 554 g/mol. The molecule has 1 fully saturated rings. The molecule has 4 N–H and O–H groups in total. The number of aromatic nitrogens is 2. The molecule has 1 saturated heterocycles. The molecular formula is C32H33N3O8. The number of ether oxygens (including phenoxy) is 3. The SMILES string of the molecule is COc1ccc(C(c2ccccc2)(c2ccc(OC)cc2)[C@@]2(n3ccc(NC(C)=O)nc3=O)O[C@H](CO)[C@@H](O)[C@H]2O)cc1. The molecule has 3 aromatic carbocycles. The number of benzene rings is 3. The Labute approximate surface area is 247 Å². The van der Waals surface area contributed by atoms with Crippen molar-refractivity contribution < 1.29 is 34.3 Å². The zero-order valence-electron chi connectivity index (χ0n) is 23.9. The highest BCUT2D eigenvalue weighted by Gasteiger charge is 2.68. The quantitative estimate of drug-likeness (QED) is 0.216. The van der Waals surface area contributed by atoms with Crippen LogP contribution in [-0.2, 0) is 20.7 Å². The van der Waals surface area contributed by atoms with Gasteiger partial charge in [0.25, 0.3) is 0 Å². The van der Waals surface area contributed by atoms with Crippen LogP contribution in [0.5, 0.6) is 11.5 Å². The third-order valence-electron chi connectivity index (χ3n) is 7.87. The molecule has 0 aliphatic carbocycles. The molecule has 11 heteroatoms. The molecule has 1 aliphatic heterocycles. The number of nitrogens with zero attached hydrogens (tertiary/aromatic N) is 2. The predicted molar refractivity (Wildman–Crippen MR) is 157 cm³/mol. The minimum absolute atomic E-state index is 0.00477. The van der Waals surface area contributed by atoms with Crippen LogP contribution in [0.4, 0.5) is 5.82 Å². The first-order chi connectivity index (χ1) is 20.7. The van der Waals surface area contributed by atoms with Crippen molar-refractivity contribution in [1.29, 1.82) is 0 Å². The molecule has 0 saturated carbocycles. The molecule has 0 spiro atoms. The smallest absolute Gasteiger partial charge is 0.351 e. The second-order valence-electron chi connectivity index (χ2n) is 10.2. The van der Waals surface area contributed by atoms with Crippen LogP contribution in [0, 0.1) is 0 Å². The molecule has 11 nitrogen and oxygen atoms in total. The first kappa shape index (κ1) is 29.9. The number of anilines is 1. The zero-order chi connectivity index (χ0) is 30.8. The van der Waals surface area contributed by atoms with Crippen LogP contribution in [0.3, 0.4) is 0 Å². The Morgan fingerprint density at radius 1 is 0.930 bits per heavy atom. The summed E-state index contributed by atoms with van der Waals surface area (Å²) in [6, 6.07) is 24.6. The number of amides is 1. The summed E-state index contributed by atoms with van der Waals surface area (Å²) in [5.41, 5.74) is -2.87. The highest BCUT2D eigenvalue weighted by molar-refractivity contribution is 5.87. The van der Waals surface area contributed by atoms with Gasteiger partial charge in [0, 0.05) is 13.1 Å². The Balaban J connectivity index is 1.97. The molecule has 224 valence electrons. The Morgan fingerprint density at radius 2 is 1.47 bits per heavy atom. The number of carbonyl (C=O) groups is 1. The fourth-order valence-electron chi connectivity index (χ4n) is 6.04. The summed E-state index contributed by atoms with van der Waals surface area (Å²) >= 11 is 0. The molecule has 0 radical (unpaired) electrons. The van der Waals surface area contributed by atoms with Gasteiger partial charge in [-0.05, 0) is 47.0 Å². The molecule has 1 amide bonds. The van der Waals surface area contributed by atoms with Gasteiger partial charge in [-0.15, -0.1) is 0 Å². The second kappa shape index (κ2) is 12.0. The Kier molecular flexibility index (Phi) is 8.34. The third kappa shape index (κ3) is 4.86. The average Bonchev–Trinajstić information content (AvgIpc) is 3.28. The highest BCUT2D eigenvalue weighted by Crippen LogP contribution is 2.57. The molecule has 4 aromatic rings. The third-order valence-corrected chi connectivity index (χ3v) is 7.87. The van der Waals surface area contributed by atoms with Crippen LogP contribution >= 0.6 is 0 Å². The fraction of sp³-hybridized carbons (Fsp3) is 0.281. The van der Waals surface area contributed by atoms with Gasteiger partial charge >= 0.3 is 5.69 Å². The molecule has 1 aromatic heterocycles. The fourth-order valence-corrected chi connectivity index (χ4v) is 6.04. The molecule has 0 unspecified atom stereocenters. The van der Waals surface area contributed by atoms with Gasteiger partial charge in [-0.1, -0.05) is 54.6 Å². The van der Waals surface area contributed by atoms with Crippen LogP contribution < -0.4 is 20.5 Å². The van der Waals surface area contributed by atoms with Crippen LogP contribution in [0.15, 0.2) is 95.9 Å². The van der Waals surface area contributed by atoms with E-state index in [-0.39, 0.29) is 5.82 Å². The van der Waals surface area contributed by atoms with E-state index in [2.05, 4.69) is 10.3 Å². The number of hydrogen-bond donors (Lipinski definition) is 4. The monoisotopic (exact) mass is 587 g/mol. The first-order valence-electron chi connectivity index (χ1n) is 13.6. The summed E-state index contributed by atoms with van der Waals surface area (Å²) in [4.78, 5) is 29.7. The van der Waals surface area contributed by atoms with E-state index < -0.39 is 47.7 Å². The van der Waals surface area contributed by atoms with E-state index in [0.717, 1.165) is 4.57 Å². The number of aliphatic hydroxyl groups excluding tert-OH is 3. The second-order valence-corrected chi connectivity index (χ2v) is 10.2. The largest absolute Gasteiger partial charge is 0.497 e. The number of methoxy groups -OCH3 is 2. The average molecular weight is 588 g/mol. The van der Waals surface area contributed by atoms with Crippen LogP contribution in [0.25, 0.3) is 0 Å².